The number of hydrogen-bond donors (Lipinski definition) is 1. The van der Waals surface area contributed by atoms with E-state index in [4.69, 9.17) is 0 Å². The number of fused-ring (bicyclic) bond motifs is 1. The number of hydrogen-bond acceptors (Lipinski definition) is 5. The Morgan fingerprint density at radius 3 is 2.68 bits per heavy atom. The highest BCUT2D eigenvalue weighted by atomic mass is 32.2. The Labute approximate surface area is 199 Å². The monoisotopic (exact) mass is 486 g/mol. The molecule has 10 heteroatoms. The number of alkyl halides is 3. The molecule has 178 valence electrons. The fourth-order valence-corrected chi connectivity index (χ4v) is 5.32. The molecule has 0 radical (unpaired) electrons. The first-order valence-electron chi connectivity index (χ1n) is 11.4. The number of rotatable bonds is 7. The Bertz CT molecular complexity index is 1230. The van der Waals surface area contributed by atoms with Crippen LogP contribution in [-0.4, -0.2) is 24.1 Å². The molecule has 1 fully saturated rings. The molecule has 34 heavy (non-hydrogen) atoms. The summed E-state index contributed by atoms with van der Waals surface area (Å²) in [5.74, 6) is 1.40. The largest absolute Gasteiger partial charge is 0.416 e. The zero-order chi connectivity index (χ0) is 23.5. The topological polar surface area (TPSA) is 60.0 Å². The van der Waals surface area contributed by atoms with E-state index >= 15 is 0 Å². The summed E-state index contributed by atoms with van der Waals surface area (Å²) < 4.78 is 43.4. The minimum Gasteiger partial charge on any atom is -0.378 e. The van der Waals surface area contributed by atoms with Gasteiger partial charge in [0.1, 0.15) is 5.65 Å². The van der Waals surface area contributed by atoms with Crippen LogP contribution in [0.4, 0.5) is 18.9 Å². The minimum atomic E-state index is -4.37. The Balaban J connectivity index is 1.34. The highest BCUT2D eigenvalue weighted by Crippen LogP contribution is 2.34. The molecule has 4 aromatic rings. The third-order valence-corrected chi connectivity index (χ3v) is 7.06. The maximum atomic E-state index is 13.1. The average Bonchev–Trinajstić information content (AvgIpc) is 3.45. The van der Waals surface area contributed by atoms with Crippen molar-refractivity contribution in [3.05, 3.63) is 71.9 Å². The first-order valence-corrected chi connectivity index (χ1v) is 12.4. The van der Waals surface area contributed by atoms with Gasteiger partial charge < -0.3 is 14.3 Å². The number of nitrogens with zero attached hydrogens (tertiary/aromatic N) is 5. The van der Waals surface area contributed by atoms with E-state index in [1.54, 1.807) is 17.8 Å². The van der Waals surface area contributed by atoms with E-state index < -0.39 is 11.7 Å². The van der Waals surface area contributed by atoms with Crippen molar-refractivity contribution in [3.63, 3.8) is 0 Å². The van der Waals surface area contributed by atoms with Crippen molar-refractivity contribution in [1.29, 1.82) is 0 Å². The molecule has 0 unspecified atom stereocenters. The van der Waals surface area contributed by atoms with E-state index in [1.807, 2.05) is 35.0 Å². The summed E-state index contributed by atoms with van der Waals surface area (Å²) in [6.45, 7) is 0.305. The third-order valence-electron chi connectivity index (χ3n) is 6.08. The number of aromatic nitrogens is 5. The molecule has 0 bridgehead atoms. The Morgan fingerprint density at radius 2 is 1.88 bits per heavy atom. The first-order chi connectivity index (χ1) is 16.5. The molecule has 3 aromatic heterocycles. The van der Waals surface area contributed by atoms with E-state index in [1.165, 1.54) is 12.5 Å². The smallest absolute Gasteiger partial charge is 0.378 e. The van der Waals surface area contributed by atoms with Crippen LogP contribution < -0.4 is 5.32 Å². The van der Waals surface area contributed by atoms with Gasteiger partial charge >= 0.3 is 6.18 Å². The van der Waals surface area contributed by atoms with Crippen LogP contribution in [0.25, 0.3) is 5.65 Å². The zero-order valence-corrected chi connectivity index (χ0v) is 19.3. The van der Waals surface area contributed by atoms with Gasteiger partial charge in [0.15, 0.2) is 11.0 Å². The lowest BCUT2D eigenvalue weighted by atomic mass is 9.95. The van der Waals surface area contributed by atoms with Gasteiger partial charge in [0.2, 0.25) is 0 Å². The van der Waals surface area contributed by atoms with Crippen LogP contribution in [-0.2, 0) is 18.5 Å². The van der Waals surface area contributed by atoms with Crippen molar-refractivity contribution >= 4 is 23.1 Å². The predicted octanol–water partition coefficient (Wildman–Crippen LogP) is 6.35. The standard InChI is InChI=1S/C24H25F3N6S/c25-24(26,27)17-7-6-8-18(13-17)28-14-22-30-31-23(33(22)20-9-2-1-3-10-20)34-16-19-15-32-12-5-4-11-21(32)29-19/h4-8,11-13,15,20,28H,1-3,9-10,14,16H2. The molecule has 0 amide bonds. The van der Waals surface area contributed by atoms with Gasteiger partial charge in [-0.2, -0.15) is 13.2 Å². The zero-order valence-electron chi connectivity index (χ0n) is 18.5. The lowest BCUT2D eigenvalue weighted by Crippen LogP contribution is -2.18. The van der Waals surface area contributed by atoms with Crippen molar-refractivity contribution in [2.45, 2.75) is 61.8 Å². The molecule has 1 aromatic carbocycles. The number of thioether (sulfide) groups is 1. The lowest BCUT2D eigenvalue weighted by molar-refractivity contribution is -0.137. The van der Waals surface area contributed by atoms with Crippen molar-refractivity contribution < 1.29 is 13.2 Å². The summed E-state index contributed by atoms with van der Waals surface area (Å²) in [6, 6.07) is 11.4. The number of benzene rings is 1. The summed E-state index contributed by atoms with van der Waals surface area (Å²) in [5.41, 5.74) is 1.60. The Hall–Kier alpha value is -3.01. The van der Waals surface area contributed by atoms with Gasteiger partial charge in [-0.1, -0.05) is 43.2 Å². The van der Waals surface area contributed by atoms with E-state index in [9.17, 15) is 13.2 Å². The summed E-state index contributed by atoms with van der Waals surface area (Å²) >= 11 is 1.59. The molecule has 0 spiro atoms. The summed E-state index contributed by atoms with van der Waals surface area (Å²) in [7, 11) is 0. The SMILES string of the molecule is FC(F)(F)c1cccc(NCc2nnc(SCc3cn4ccccc4n3)n2C2CCCCC2)c1. The molecule has 3 heterocycles. The molecule has 6 nitrogen and oxygen atoms in total. The molecular weight excluding hydrogens is 461 g/mol. The number of anilines is 1. The van der Waals surface area contributed by atoms with Crippen LogP contribution in [0.2, 0.25) is 0 Å². The second-order valence-electron chi connectivity index (χ2n) is 8.48. The van der Waals surface area contributed by atoms with Crippen molar-refractivity contribution in [2.24, 2.45) is 0 Å². The second kappa shape index (κ2) is 9.69. The van der Waals surface area contributed by atoms with Crippen LogP contribution in [0, 0.1) is 0 Å². The van der Waals surface area contributed by atoms with Gasteiger partial charge in [0.05, 0.1) is 17.8 Å². The molecule has 0 saturated heterocycles. The van der Waals surface area contributed by atoms with Gasteiger partial charge in [-0.3, -0.25) is 0 Å². The van der Waals surface area contributed by atoms with Crippen molar-refractivity contribution in [2.75, 3.05) is 5.32 Å². The summed E-state index contributed by atoms with van der Waals surface area (Å²) in [5, 5.41) is 12.8. The third kappa shape index (κ3) is 5.06. The lowest BCUT2D eigenvalue weighted by Gasteiger charge is -2.25. The van der Waals surface area contributed by atoms with E-state index in [-0.39, 0.29) is 0 Å². The molecule has 0 aliphatic heterocycles. The van der Waals surface area contributed by atoms with Crippen molar-refractivity contribution in [3.8, 4) is 0 Å². The molecule has 0 atom stereocenters. The average molecular weight is 487 g/mol. The quantitative estimate of drug-likeness (QED) is 0.308. The Morgan fingerprint density at radius 1 is 1.03 bits per heavy atom. The van der Waals surface area contributed by atoms with Gasteiger partial charge in [0.25, 0.3) is 0 Å². The van der Waals surface area contributed by atoms with Gasteiger partial charge in [-0.15, -0.1) is 10.2 Å². The number of halogens is 3. The van der Waals surface area contributed by atoms with Gasteiger partial charge in [0, 0.05) is 29.9 Å². The molecule has 1 aliphatic carbocycles. The van der Waals surface area contributed by atoms with Crippen LogP contribution in [0.1, 0.15) is 55.2 Å². The molecule has 1 saturated carbocycles. The van der Waals surface area contributed by atoms with Crippen molar-refractivity contribution in [1.82, 2.24) is 24.1 Å². The van der Waals surface area contributed by atoms with Gasteiger partial charge in [-0.05, 0) is 43.2 Å². The second-order valence-corrected chi connectivity index (χ2v) is 9.42. The van der Waals surface area contributed by atoms with E-state index in [0.29, 0.717) is 24.0 Å². The summed E-state index contributed by atoms with van der Waals surface area (Å²) in [4.78, 5) is 4.66. The van der Waals surface area contributed by atoms with E-state index in [2.05, 4.69) is 25.1 Å². The fourth-order valence-electron chi connectivity index (χ4n) is 4.41. The number of imidazole rings is 1. The maximum Gasteiger partial charge on any atom is 0.416 e. The van der Waals surface area contributed by atoms with E-state index in [0.717, 1.165) is 60.1 Å². The minimum absolute atomic E-state index is 0.297. The predicted molar refractivity (Wildman–Crippen MR) is 126 cm³/mol. The molecular formula is C24H25F3N6S. The molecule has 1 N–H and O–H groups in total. The van der Waals surface area contributed by atoms with Gasteiger partial charge in [-0.25, -0.2) is 4.98 Å². The first kappa shape index (κ1) is 22.8. The highest BCUT2D eigenvalue weighted by Gasteiger charge is 2.30. The molecule has 5 rings (SSSR count). The highest BCUT2D eigenvalue weighted by molar-refractivity contribution is 7.98. The number of pyridine rings is 1. The fraction of sp³-hybridized carbons (Fsp3) is 0.375. The Kier molecular flexibility index (Phi) is 6.49. The van der Waals surface area contributed by atoms with Crippen LogP contribution in [0.3, 0.4) is 0 Å². The van der Waals surface area contributed by atoms with Crippen LogP contribution in [0.5, 0.6) is 0 Å². The maximum absolute atomic E-state index is 13.1. The van der Waals surface area contributed by atoms with Crippen LogP contribution >= 0.6 is 11.8 Å². The molecule has 1 aliphatic rings. The van der Waals surface area contributed by atoms with Crippen LogP contribution in [0.15, 0.2) is 60.0 Å². The normalized spacial score (nSPS) is 15.1. The summed E-state index contributed by atoms with van der Waals surface area (Å²) in [6.07, 6.45) is 5.24. The number of nitrogens with one attached hydrogen (secondary N) is 1.